The molecule has 2 nitrogen and oxygen atoms in total. The average molecular weight is 267 g/mol. The van der Waals surface area contributed by atoms with Crippen LogP contribution in [0.5, 0.6) is 0 Å². The van der Waals surface area contributed by atoms with Gasteiger partial charge >= 0.3 is 0 Å². The molecule has 0 aromatic heterocycles. The number of hydrogen-bond acceptors (Lipinski definition) is 2. The van der Waals surface area contributed by atoms with Crippen molar-refractivity contribution in [2.45, 2.75) is 83.7 Å². The molecule has 2 saturated carbocycles. The van der Waals surface area contributed by atoms with Crippen molar-refractivity contribution in [3.63, 3.8) is 0 Å². The van der Waals surface area contributed by atoms with Crippen LogP contribution in [0.4, 0.5) is 0 Å². The molecule has 3 atom stereocenters. The van der Waals surface area contributed by atoms with E-state index in [2.05, 4.69) is 6.92 Å². The Bertz CT molecular complexity index is 262. The Balaban J connectivity index is 1.94. The first-order valence-corrected chi connectivity index (χ1v) is 8.58. The fourth-order valence-corrected chi connectivity index (χ4v) is 4.48. The van der Waals surface area contributed by atoms with Crippen molar-refractivity contribution in [1.82, 2.24) is 0 Å². The molecule has 3 N–H and O–H groups in total. The molecule has 112 valence electrons. The maximum atomic E-state index is 10.8. The molecular formula is C17H33NO. The van der Waals surface area contributed by atoms with Crippen molar-refractivity contribution in [3.05, 3.63) is 0 Å². The minimum Gasteiger partial charge on any atom is -0.392 e. The molecule has 0 amide bonds. The Morgan fingerprint density at radius 3 is 2.42 bits per heavy atom. The van der Waals surface area contributed by atoms with Crippen LogP contribution >= 0.6 is 0 Å². The van der Waals surface area contributed by atoms with E-state index in [0.29, 0.717) is 6.54 Å². The fourth-order valence-electron chi connectivity index (χ4n) is 4.48. The molecule has 0 saturated heterocycles. The summed E-state index contributed by atoms with van der Waals surface area (Å²) in [6.45, 7) is 2.96. The molecule has 2 rings (SSSR count). The summed E-state index contributed by atoms with van der Waals surface area (Å²) in [6.07, 6.45) is 13.8. The molecule has 2 heteroatoms. The number of hydrogen-bond donors (Lipinski definition) is 2. The Hall–Kier alpha value is -0.0800. The Kier molecular flexibility index (Phi) is 5.70. The highest BCUT2D eigenvalue weighted by molar-refractivity contribution is 4.93. The van der Waals surface area contributed by atoms with Crippen molar-refractivity contribution < 1.29 is 5.11 Å². The van der Waals surface area contributed by atoms with Gasteiger partial charge in [-0.2, -0.15) is 0 Å². The van der Waals surface area contributed by atoms with Gasteiger partial charge in [0.2, 0.25) is 0 Å². The van der Waals surface area contributed by atoms with Gasteiger partial charge in [0.25, 0.3) is 0 Å². The van der Waals surface area contributed by atoms with Crippen molar-refractivity contribution >= 4 is 0 Å². The lowest BCUT2D eigenvalue weighted by molar-refractivity contribution is -0.0304. The summed E-state index contributed by atoms with van der Waals surface area (Å²) in [4.78, 5) is 0. The molecule has 0 aromatic rings. The van der Waals surface area contributed by atoms with E-state index in [-0.39, 0.29) is 11.5 Å². The summed E-state index contributed by atoms with van der Waals surface area (Å²) < 4.78 is 0. The van der Waals surface area contributed by atoms with Crippen LogP contribution in [0.25, 0.3) is 0 Å². The Morgan fingerprint density at radius 2 is 1.79 bits per heavy atom. The van der Waals surface area contributed by atoms with E-state index < -0.39 is 0 Å². The van der Waals surface area contributed by atoms with Crippen molar-refractivity contribution in [3.8, 4) is 0 Å². The first kappa shape index (κ1) is 15.3. The van der Waals surface area contributed by atoms with Crippen molar-refractivity contribution in [1.29, 1.82) is 0 Å². The molecular weight excluding hydrogens is 234 g/mol. The fraction of sp³-hybridized carbons (Fsp3) is 1.00. The highest BCUT2D eigenvalue weighted by atomic mass is 16.3. The van der Waals surface area contributed by atoms with E-state index in [1.165, 1.54) is 51.4 Å². The highest BCUT2D eigenvalue weighted by Crippen LogP contribution is 2.45. The molecule has 2 aliphatic carbocycles. The smallest absolute Gasteiger partial charge is 0.0611 e. The molecule has 2 aliphatic rings. The van der Waals surface area contributed by atoms with Gasteiger partial charge in [-0.3, -0.25) is 0 Å². The molecule has 0 aromatic carbocycles. The van der Waals surface area contributed by atoms with Crippen LogP contribution in [-0.4, -0.2) is 17.8 Å². The largest absolute Gasteiger partial charge is 0.392 e. The van der Waals surface area contributed by atoms with Gasteiger partial charge in [-0.25, -0.2) is 0 Å². The molecule has 0 bridgehead atoms. The zero-order valence-electron chi connectivity index (χ0n) is 12.7. The van der Waals surface area contributed by atoms with Crippen LogP contribution in [0.15, 0.2) is 0 Å². The first-order valence-electron chi connectivity index (χ1n) is 8.58. The van der Waals surface area contributed by atoms with Crippen molar-refractivity contribution in [2.24, 2.45) is 23.0 Å². The number of aliphatic hydroxyl groups excluding tert-OH is 1. The minimum atomic E-state index is -0.157. The molecule has 0 radical (unpaired) electrons. The Morgan fingerprint density at radius 1 is 1.11 bits per heavy atom. The third-order valence-electron chi connectivity index (χ3n) is 5.95. The van der Waals surface area contributed by atoms with Gasteiger partial charge in [-0.05, 0) is 31.1 Å². The topological polar surface area (TPSA) is 46.2 Å². The lowest BCUT2D eigenvalue weighted by Crippen LogP contribution is -2.46. The van der Waals surface area contributed by atoms with Gasteiger partial charge in [0.05, 0.1) is 6.10 Å². The van der Waals surface area contributed by atoms with Gasteiger partial charge in [0.1, 0.15) is 0 Å². The quantitative estimate of drug-likeness (QED) is 0.794. The van der Waals surface area contributed by atoms with Gasteiger partial charge in [0, 0.05) is 12.0 Å². The second kappa shape index (κ2) is 7.08. The van der Waals surface area contributed by atoms with Gasteiger partial charge in [-0.1, -0.05) is 58.3 Å². The second-order valence-electron chi connectivity index (χ2n) is 7.19. The molecule has 0 heterocycles. The van der Waals surface area contributed by atoms with E-state index in [1.807, 2.05) is 0 Å². The number of nitrogens with two attached hydrogens (primary N) is 1. The second-order valence-corrected chi connectivity index (χ2v) is 7.19. The van der Waals surface area contributed by atoms with Gasteiger partial charge < -0.3 is 10.8 Å². The summed E-state index contributed by atoms with van der Waals surface area (Å²) >= 11 is 0. The summed E-state index contributed by atoms with van der Waals surface area (Å²) in [6, 6.07) is 0. The maximum Gasteiger partial charge on any atom is 0.0611 e. The summed E-state index contributed by atoms with van der Waals surface area (Å²) in [5.41, 5.74) is 6.14. The van der Waals surface area contributed by atoms with Gasteiger partial charge in [-0.15, -0.1) is 0 Å². The predicted molar refractivity (Wildman–Crippen MR) is 80.9 cm³/mol. The molecule has 2 fully saturated rings. The van der Waals surface area contributed by atoms with E-state index in [0.717, 1.165) is 31.1 Å². The third-order valence-corrected chi connectivity index (χ3v) is 5.95. The first-order chi connectivity index (χ1) is 9.20. The highest BCUT2D eigenvalue weighted by Gasteiger charge is 2.41. The van der Waals surface area contributed by atoms with Crippen LogP contribution in [0, 0.1) is 17.3 Å². The standard InChI is InChI=1S/C17H33NO/c1-2-14-9-6-10-17(12-14,13-18)16(19)11-15-7-4-3-5-8-15/h14-16,19H,2-13,18H2,1H3. The van der Waals surface area contributed by atoms with Crippen LogP contribution in [0.2, 0.25) is 0 Å². The predicted octanol–water partition coefficient (Wildman–Crippen LogP) is 3.86. The van der Waals surface area contributed by atoms with E-state index in [9.17, 15) is 5.11 Å². The number of aliphatic hydroxyl groups is 1. The SMILES string of the molecule is CCC1CCCC(CN)(C(O)CC2CCCCC2)C1. The zero-order chi connectivity index (χ0) is 13.7. The van der Waals surface area contributed by atoms with E-state index >= 15 is 0 Å². The minimum absolute atomic E-state index is 0.0381. The monoisotopic (exact) mass is 267 g/mol. The normalized spacial score (nSPS) is 35.2. The van der Waals surface area contributed by atoms with Crippen LogP contribution < -0.4 is 5.73 Å². The molecule has 3 unspecified atom stereocenters. The lowest BCUT2D eigenvalue weighted by atomic mass is 9.64. The van der Waals surface area contributed by atoms with Crippen LogP contribution in [0.3, 0.4) is 0 Å². The summed E-state index contributed by atoms with van der Waals surface area (Å²) in [5, 5.41) is 10.8. The summed E-state index contributed by atoms with van der Waals surface area (Å²) in [5.74, 6) is 1.55. The number of rotatable bonds is 5. The average Bonchev–Trinajstić information content (AvgIpc) is 2.48. The van der Waals surface area contributed by atoms with Crippen molar-refractivity contribution in [2.75, 3.05) is 6.54 Å². The third kappa shape index (κ3) is 3.72. The Labute approximate surface area is 119 Å². The van der Waals surface area contributed by atoms with E-state index in [1.54, 1.807) is 0 Å². The lowest BCUT2D eigenvalue weighted by Gasteiger charge is -2.44. The molecule has 0 aliphatic heterocycles. The van der Waals surface area contributed by atoms with Crippen LogP contribution in [-0.2, 0) is 0 Å². The van der Waals surface area contributed by atoms with Crippen LogP contribution in [0.1, 0.15) is 77.6 Å². The van der Waals surface area contributed by atoms with Gasteiger partial charge in [0.15, 0.2) is 0 Å². The molecule has 0 spiro atoms. The zero-order valence-corrected chi connectivity index (χ0v) is 12.7. The summed E-state index contributed by atoms with van der Waals surface area (Å²) in [7, 11) is 0. The molecule has 19 heavy (non-hydrogen) atoms. The van der Waals surface area contributed by atoms with E-state index in [4.69, 9.17) is 5.73 Å². The maximum absolute atomic E-state index is 10.8.